The monoisotopic (exact) mass is 267 g/mol. The van der Waals surface area contributed by atoms with E-state index in [0.717, 1.165) is 35.5 Å². The highest BCUT2D eigenvalue weighted by atomic mass is 35.5. The Hall–Kier alpha value is -0.800. The van der Waals surface area contributed by atoms with Crippen molar-refractivity contribution in [1.29, 1.82) is 0 Å². The van der Waals surface area contributed by atoms with Gasteiger partial charge in [-0.15, -0.1) is 0 Å². The van der Waals surface area contributed by atoms with Crippen molar-refractivity contribution in [2.75, 3.05) is 18.9 Å². The Labute approximate surface area is 115 Å². The summed E-state index contributed by atoms with van der Waals surface area (Å²) in [6, 6.07) is 4.44. The lowest BCUT2D eigenvalue weighted by atomic mass is 9.92. The van der Waals surface area contributed by atoms with Crippen LogP contribution in [0.15, 0.2) is 12.1 Å². The van der Waals surface area contributed by atoms with E-state index in [1.165, 1.54) is 12.8 Å². The second-order valence-electron chi connectivity index (χ2n) is 5.21. The van der Waals surface area contributed by atoms with Gasteiger partial charge in [-0.2, -0.15) is 0 Å². The van der Waals surface area contributed by atoms with E-state index < -0.39 is 0 Å². The van der Waals surface area contributed by atoms with Gasteiger partial charge in [0, 0.05) is 19.6 Å². The quantitative estimate of drug-likeness (QED) is 0.910. The Morgan fingerprint density at radius 1 is 1.44 bits per heavy atom. The van der Waals surface area contributed by atoms with Gasteiger partial charge in [0.2, 0.25) is 0 Å². The summed E-state index contributed by atoms with van der Waals surface area (Å²) in [5.74, 6) is 1.64. The largest absolute Gasteiger partial charge is 0.373 e. The van der Waals surface area contributed by atoms with Crippen LogP contribution in [0.1, 0.15) is 32.4 Å². The van der Waals surface area contributed by atoms with Crippen LogP contribution in [-0.2, 0) is 6.54 Å². The van der Waals surface area contributed by atoms with E-state index in [4.69, 9.17) is 11.6 Å². The SMILES string of the molecule is CNc1ccc(Cl)c(CN2CCCC(C)C2C)n1. The number of nitrogens with one attached hydrogen (secondary N) is 1. The van der Waals surface area contributed by atoms with Crippen LogP contribution in [0.4, 0.5) is 5.82 Å². The molecule has 2 rings (SSSR count). The second kappa shape index (κ2) is 5.89. The minimum atomic E-state index is 0.606. The first-order chi connectivity index (χ1) is 8.61. The Morgan fingerprint density at radius 2 is 2.22 bits per heavy atom. The Kier molecular flexibility index (Phi) is 4.46. The summed E-state index contributed by atoms with van der Waals surface area (Å²) < 4.78 is 0. The van der Waals surface area contributed by atoms with Crippen LogP contribution < -0.4 is 5.32 Å². The van der Waals surface area contributed by atoms with Crippen LogP contribution in [0.5, 0.6) is 0 Å². The van der Waals surface area contributed by atoms with E-state index in [9.17, 15) is 0 Å². The third-order valence-electron chi connectivity index (χ3n) is 4.03. The molecule has 1 fully saturated rings. The molecule has 2 unspecified atom stereocenters. The fourth-order valence-electron chi connectivity index (χ4n) is 2.57. The summed E-state index contributed by atoms with van der Waals surface area (Å²) in [4.78, 5) is 7.05. The molecule has 0 aliphatic carbocycles. The molecule has 1 aliphatic rings. The Balaban J connectivity index is 2.12. The summed E-state index contributed by atoms with van der Waals surface area (Å²) in [6.45, 7) is 6.63. The van der Waals surface area contributed by atoms with Gasteiger partial charge in [0.1, 0.15) is 5.82 Å². The van der Waals surface area contributed by atoms with Gasteiger partial charge in [0.25, 0.3) is 0 Å². The van der Waals surface area contributed by atoms with Crippen molar-refractivity contribution in [2.45, 2.75) is 39.3 Å². The average Bonchev–Trinajstić information content (AvgIpc) is 2.37. The van der Waals surface area contributed by atoms with E-state index in [0.29, 0.717) is 6.04 Å². The zero-order valence-electron chi connectivity index (χ0n) is 11.4. The van der Waals surface area contributed by atoms with Crippen LogP contribution in [-0.4, -0.2) is 29.5 Å². The number of hydrogen-bond donors (Lipinski definition) is 1. The number of likely N-dealkylation sites (tertiary alicyclic amines) is 1. The van der Waals surface area contributed by atoms with Crippen molar-refractivity contribution in [3.8, 4) is 0 Å². The number of nitrogens with zero attached hydrogens (tertiary/aromatic N) is 2. The van der Waals surface area contributed by atoms with Crippen molar-refractivity contribution in [3.05, 3.63) is 22.8 Å². The number of pyridine rings is 1. The van der Waals surface area contributed by atoms with Gasteiger partial charge in [0.05, 0.1) is 10.7 Å². The van der Waals surface area contributed by atoms with Crippen molar-refractivity contribution in [3.63, 3.8) is 0 Å². The number of anilines is 1. The Morgan fingerprint density at radius 3 is 2.94 bits per heavy atom. The van der Waals surface area contributed by atoms with Crippen molar-refractivity contribution >= 4 is 17.4 Å². The van der Waals surface area contributed by atoms with Crippen molar-refractivity contribution < 1.29 is 0 Å². The fraction of sp³-hybridized carbons (Fsp3) is 0.643. The highest BCUT2D eigenvalue weighted by molar-refractivity contribution is 6.31. The Bertz CT molecular complexity index is 408. The van der Waals surface area contributed by atoms with Crippen LogP contribution in [0.25, 0.3) is 0 Å². The zero-order valence-corrected chi connectivity index (χ0v) is 12.2. The van der Waals surface area contributed by atoms with Gasteiger partial charge in [-0.05, 0) is 44.4 Å². The minimum Gasteiger partial charge on any atom is -0.373 e. The van der Waals surface area contributed by atoms with Crippen molar-refractivity contribution in [2.24, 2.45) is 5.92 Å². The average molecular weight is 268 g/mol. The molecular formula is C14H22ClN3. The summed E-state index contributed by atoms with van der Waals surface area (Å²) in [5.41, 5.74) is 0.976. The molecule has 0 spiro atoms. The maximum atomic E-state index is 6.24. The molecule has 1 aromatic heterocycles. The van der Waals surface area contributed by atoms with E-state index in [2.05, 4.69) is 29.0 Å². The predicted octanol–water partition coefficient (Wildman–Crippen LogP) is 3.40. The van der Waals surface area contributed by atoms with E-state index >= 15 is 0 Å². The molecule has 0 bridgehead atoms. The molecule has 2 heterocycles. The first-order valence-electron chi connectivity index (χ1n) is 6.69. The molecule has 3 nitrogen and oxygen atoms in total. The number of aromatic nitrogens is 1. The number of piperidine rings is 1. The minimum absolute atomic E-state index is 0.606. The zero-order chi connectivity index (χ0) is 13.1. The molecule has 4 heteroatoms. The molecule has 100 valence electrons. The second-order valence-corrected chi connectivity index (χ2v) is 5.61. The van der Waals surface area contributed by atoms with Crippen molar-refractivity contribution in [1.82, 2.24) is 9.88 Å². The maximum absolute atomic E-state index is 6.24. The van der Waals surface area contributed by atoms with Gasteiger partial charge >= 0.3 is 0 Å². The molecule has 0 radical (unpaired) electrons. The van der Waals surface area contributed by atoms with Crippen LogP contribution >= 0.6 is 11.6 Å². The lowest BCUT2D eigenvalue weighted by Crippen LogP contribution is -2.41. The van der Waals surface area contributed by atoms with Gasteiger partial charge in [-0.3, -0.25) is 4.90 Å². The maximum Gasteiger partial charge on any atom is 0.126 e. The molecule has 1 saturated heterocycles. The van der Waals surface area contributed by atoms with Gasteiger partial charge in [0.15, 0.2) is 0 Å². The standard InChI is InChI=1S/C14H22ClN3/c1-10-5-4-8-18(11(10)2)9-13-12(15)6-7-14(16-3)17-13/h6-7,10-11H,4-5,8-9H2,1-3H3,(H,16,17). The number of hydrogen-bond acceptors (Lipinski definition) is 3. The smallest absolute Gasteiger partial charge is 0.126 e. The van der Waals surface area contributed by atoms with Gasteiger partial charge in [-0.25, -0.2) is 4.98 Å². The molecule has 2 atom stereocenters. The fourth-order valence-corrected chi connectivity index (χ4v) is 2.74. The van der Waals surface area contributed by atoms with Crippen LogP contribution in [0.2, 0.25) is 5.02 Å². The summed E-state index contributed by atoms with van der Waals surface area (Å²) in [7, 11) is 1.88. The van der Waals surface area contributed by atoms with Crippen LogP contribution in [0.3, 0.4) is 0 Å². The van der Waals surface area contributed by atoms with Gasteiger partial charge in [-0.1, -0.05) is 18.5 Å². The molecule has 1 N–H and O–H groups in total. The lowest BCUT2D eigenvalue weighted by Gasteiger charge is -2.37. The van der Waals surface area contributed by atoms with E-state index in [-0.39, 0.29) is 0 Å². The molecule has 18 heavy (non-hydrogen) atoms. The first-order valence-corrected chi connectivity index (χ1v) is 7.07. The predicted molar refractivity (Wildman–Crippen MR) is 77.1 cm³/mol. The van der Waals surface area contributed by atoms with E-state index in [1.54, 1.807) is 0 Å². The number of rotatable bonds is 3. The molecule has 0 amide bonds. The van der Waals surface area contributed by atoms with Gasteiger partial charge < -0.3 is 5.32 Å². The van der Waals surface area contributed by atoms with Crippen LogP contribution in [0, 0.1) is 5.92 Å². The summed E-state index contributed by atoms with van der Waals surface area (Å²) >= 11 is 6.24. The molecule has 1 aromatic rings. The summed E-state index contributed by atoms with van der Waals surface area (Å²) in [5, 5.41) is 3.83. The molecule has 1 aliphatic heterocycles. The first kappa shape index (κ1) is 13.6. The summed E-state index contributed by atoms with van der Waals surface area (Å²) in [6.07, 6.45) is 2.60. The molecule has 0 aromatic carbocycles. The highest BCUT2D eigenvalue weighted by Crippen LogP contribution is 2.26. The third-order valence-corrected chi connectivity index (χ3v) is 4.38. The van der Waals surface area contributed by atoms with E-state index in [1.807, 2.05) is 19.2 Å². The molecule has 0 saturated carbocycles. The molecular weight excluding hydrogens is 246 g/mol. The lowest BCUT2D eigenvalue weighted by molar-refractivity contribution is 0.105. The normalized spacial score (nSPS) is 25.1. The third kappa shape index (κ3) is 2.96. The topological polar surface area (TPSA) is 28.2 Å². The number of halogens is 1. The highest BCUT2D eigenvalue weighted by Gasteiger charge is 2.25.